The molecule has 0 atom stereocenters. The Morgan fingerprint density at radius 1 is 1.30 bits per heavy atom. The zero-order valence-corrected chi connectivity index (χ0v) is 12.9. The molecule has 0 bridgehead atoms. The highest BCUT2D eigenvalue weighted by Crippen LogP contribution is 2.18. The maximum atomic E-state index is 5.37. The second kappa shape index (κ2) is 7.21. The van der Waals surface area contributed by atoms with Crippen LogP contribution in [-0.4, -0.2) is 23.6 Å². The predicted octanol–water partition coefficient (Wildman–Crippen LogP) is 3.04. The molecule has 0 aliphatic carbocycles. The summed E-state index contributed by atoms with van der Waals surface area (Å²) in [4.78, 5) is 10.2. The first-order valence-electron chi connectivity index (χ1n) is 6.63. The molecule has 108 valence electrons. The zero-order valence-electron chi connectivity index (χ0n) is 12.1. The van der Waals surface area contributed by atoms with E-state index >= 15 is 0 Å². The van der Waals surface area contributed by atoms with Gasteiger partial charge in [-0.1, -0.05) is 0 Å². The van der Waals surface area contributed by atoms with Gasteiger partial charge in [0, 0.05) is 24.6 Å². The molecule has 0 aliphatic rings. The summed E-state index contributed by atoms with van der Waals surface area (Å²) >= 11 is 1.75. The van der Waals surface area contributed by atoms with Crippen molar-refractivity contribution in [3.8, 4) is 0 Å². The third kappa shape index (κ3) is 3.91. The lowest BCUT2D eigenvalue weighted by Crippen LogP contribution is -2.07. The lowest BCUT2D eigenvalue weighted by molar-refractivity contribution is 0.128. The summed E-state index contributed by atoms with van der Waals surface area (Å²) < 4.78 is 5.37. The molecule has 20 heavy (non-hydrogen) atoms. The van der Waals surface area contributed by atoms with Gasteiger partial charge >= 0.3 is 0 Å². The molecular formula is C14H20N4OS. The van der Waals surface area contributed by atoms with E-state index in [9.17, 15) is 0 Å². The molecule has 0 amide bonds. The van der Waals surface area contributed by atoms with E-state index in [2.05, 4.69) is 39.0 Å². The highest BCUT2D eigenvalue weighted by molar-refractivity contribution is 7.10. The highest BCUT2D eigenvalue weighted by atomic mass is 32.1. The minimum atomic E-state index is 0.429. The van der Waals surface area contributed by atoms with Crippen molar-refractivity contribution in [2.24, 2.45) is 0 Å². The summed E-state index contributed by atoms with van der Waals surface area (Å²) in [6.07, 6.45) is 0. The third-order valence-corrected chi connectivity index (χ3v) is 3.89. The maximum absolute atomic E-state index is 5.37. The van der Waals surface area contributed by atoms with Crippen LogP contribution in [0.15, 0.2) is 17.5 Å². The van der Waals surface area contributed by atoms with Crippen molar-refractivity contribution < 1.29 is 4.74 Å². The molecule has 6 heteroatoms. The Labute approximate surface area is 123 Å². The monoisotopic (exact) mass is 292 g/mol. The number of hydrogen-bond donors (Lipinski definition) is 2. The average Bonchev–Trinajstić information content (AvgIpc) is 2.88. The van der Waals surface area contributed by atoms with Crippen LogP contribution >= 0.6 is 11.3 Å². The summed E-state index contributed by atoms with van der Waals surface area (Å²) in [6, 6.07) is 4.03. The molecule has 0 saturated carbocycles. The molecule has 2 rings (SSSR count). The fourth-order valence-corrected chi connectivity index (χ4v) is 2.58. The predicted molar refractivity (Wildman–Crippen MR) is 83.3 cm³/mol. The fraction of sp³-hybridized carbons (Fsp3) is 0.429. The Morgan fingerprint density at radius 3 is 2.75 bits per heavy atom. The van der Waals surface area contributed by atoms with Gasteiger partial charge in [0.05, 0.1) is 6.54 Å². The van der Waals surface area contributed by atoms with E-state index in [1.54, 1.807) is 11.3 Å². The van der Waals surface area contributed by atoms with Gasteiger partial charge in [0.25, 0.3) is 0 Å². The second-order valence-corrected chi connectivity index (χ2v) is 5.32. The first kappa shape index (κ1) is 14.7. The lowest BCUT2D eigenvalue weighted by Gasteiger charge is -2.09. The van der Waals surface area contributed by atoms with Crippen LogP contribution in [0.1, 0.15) is 23.2 Å². The van der Waals surface area contributed by atoms with Crippen molar-refractivity contribution in [3.05, 3.63) is 33.8 Å². The van der Waals surface area contributed by atoms with Gasteiger partial charge < -0.3 is 15.4 Å². The summed E-state index contributed by atoms with van der Waals surface area (Å²) in [6.45, 7) is 5.94. The Morgan fingerprint density at radius 2 is 2.10 bits per heavy atom. The van der Waals surface area contributed by atoms with E-state index in [0.717, 1.165) is 18.2 Å². The van der Waals surface area contributed by atoms with Crippen LogP contribution in [-0.2, 0) is 17.9 Å². The van der Waals surface area contributed by atoms with Gasteiger partial charge in [-0.15, -0.1) is 11.3 Å². The van der Waals surface area contributed by atoms with E-state index < -0.39 is 0 Å². The number of nitrogens with zero attached hydrogens (tertiary/aromatic N) is 2. The summed E-state index contributed by atoms with van der Waals surface area (Å²) in [5.41, 5.74) is 1.31. The van der Waals surface area contributed by atoms with Crippen molar-refractivity contribution in [1.82, 2.24) is 9.97 Å². The van der Waals surface area contributed by atoms with Crippen LogP contribution in [0.2, 0.25) is 0 Å². The Bertz CT molecular complexity index is 556. The SMILES string of the molecule is CCOCc1nc(NC)cc(NCc2sccc2C)n1. The summed E-state index contributed by atoms with van der Waals surface area (Å²) in [7, 11) is 1.85. The number of ether oxygens (including phenoxy) is 1. The standard InChI is InChI=1S/C14H20N4OS/c1-4-19-9-14-17-12(15-3)7-13(18-14)16-8-11-10(2)5-6-20-11/h5-7H,4,8-9H2,1-3H3,(H2,15,16,17,18). The minimum Gasteiger partial charge on any atom is -0.374 e. The molecule has 0 fully saturated rings. The number of nitrogens with one attached hydrogen (secondary N) is 2. The normalized spacial score (nSPS) is 10.6. The first-order chi connectivity index (χ1) is 9.72. The van der Waals surface area contributed by atoms with E-state index in [1.807, 2.05) is 20.0 Å². The quantitative estimate of drug-likeness (QED) is 0.821. The summed E-state index contributed by atoms with van der Waals surface area (Å²) in [5.74, 6) is 2.29. The first-order valence-corrected chi connectivity index (χ1v) is 7.51. The van der Waals surface area contributed by atoms with Gasteiger partial charge in [-0.05, 0) is 30.9 Å². The highest BCUT2D eigenvalue weighted by Gasteiger charge is 2.05. The molecule has 2 aromatic heterocycles. The van der Waals surface area contributed by atoms with Crippen molar-refractivity contribution in [2.75, 3.05) is 24.3 Å². The van der Waals surface area contributed by atoms with Crippen LogP contribution in [0.25, 0.3) is 0 Å². The zero-order chi connectivity index (χ0) is 14.4. The van der Waals surface area contributed by atoms with Crippen molar-refractivity contribution in [3.63, 3.8) is 0 Å². The fourth-order valence-electron chi connectivity index (χ4n) is 1.73. The Hall–Kier alpha value is -1.66. The number of aromatic nitrogens is 2. The minimum absolute atomic E-state index is 0.429. The molecule has 0 spiro atoms. The maximum Gasteiger partial charge on any atom is 0.158 e. The largest absolute Gasteiger partial charge is 0.374 e. The molecule has 0 saturated heterocycles. The van der Waals surface area contributed by atoms with E-state index in [-0.39, 0.29) is 0 Å². The van der Waals surface area contributed by atoms with Gasteiger partial charge in [0.1, 0.15) is 18.2 Å². The van der Waals surface area contributed by atoms with E-state index in [0.29, 0.717) is 19.0 Å². The third-order valence-electron chi connectivity index (χ3n) is 2.86. The topological polar surface area (TPSA) is 59.1 Å². The van der Waals surface area contributed by atoms with Crippen LogP contribution in [0.5, 0.6) is 0 Å². The number of aryl methyl sites for hydroxylation is 1. The van der Waals surface area contributed by atoms with Crippen LogP contribution in [0.4, 0.5) is 11.6 Å². The molecule has 0 radical (unpaired) electrons. The number of rotatable bonds is 7. The molecule has 0 aliphatic heterocycles. The Balaban J connectivity index is 2.07. The molecule has 0 unspecified atom stereocenters. The summed E-state index contributed by atoms with van der Waals surface area (Å²) in [5, 5.41) is 8.49. The smallest absolute Gasteiger partial charge is 0.158 e. The average molecular weight is 292 g/mol. The molecule has 5 nitrogen and oxygen atoms in total. The molecular weight excluding hydrogens is 272 g/mol. The van der Waals surface area contributed by atoms with Crippen molar-refractivity contribution >= 4 is 23.0 Å². The van der Waals surface area contributed by atoms with E-state index in [4.69, 9.17) is 4.74 Å². The number of anilines is 2. The van der Waals surface area contributed by atoms with Crippen molar-refractivity contribution in [2.45, 2.75) is 27.0 Å². The van der Waals surface area contributed by atoms with Crippen LogP contribution in [0.3, 0.4) is 0 Å². The second-order valence-electron chi connectivity index (χ2n) is 4.32. The van der Waals surface area contributed by atoms with Gasteiger partial charge in [-0.3, -0.25) is 0 Å². The Kier molecular flexibility index (Phi) is 5.31. The lowest BCUT2D eigenvalue weighted by atomic mass is 10.3. The molecule has 0 aromatic carbocycles. The van der Waals surface area contributed by atoms with Gasteiger partial charge in [-0.25, -0.2) is 9.97 Å². The van der Waals surface area contributed by atoms with Crippen LogP contribution in [0, 0.1) is 6.92 Å². The molecule has 2 aromatic rings. The molecule has 2 heterocycles. The number of thiophene rings is 1. The van der Waals surface area contributed by atoms with E-state index in [1.165, 1.54) is 10.4 Å². The van der Waals surface area contributed by atoms with Gasteiger partial charge in [0.2, 0.25) is 0 Å². The van der Waals surface area contributed by atoms with Gasteiger partial charge in [-0.2, -0.15) is 0 Å². The van der Waals surface area contributed by atoms with Crippen LogP contribution < -0.4 is 10.6 Å². The van der Waals surface area contributed by atoms with Gasteiger partial charge in [0.15, 0.2) is 5.82 Å². The van der Waals surface area contributed by atoms with Crippen molar-refractivity contribution in [1.29, 1.82) is 0 Å². The molecule has 2 N–H and O–H groups in total. The number of hydrogen-bond acceptors (Lipinski definition) is 6.